The molecule has 1 heterocycles. The molecule has 4 rings (SSSR count). The number of H-pyrrole nitrogens is 1. The zero-order chi connectivity index (χ0) is 29.3. The van der Waals surface area contributed by atoms with Gasteiger partial charge in [0, 0.05) is 25.1 Å². The minimum atomic E-state index is -1.02. The van der Waals surface area contributed by atoms with Crippen LogP contribution >= 0.6 is 11.6 Å². The van der Waals surface area contributed by atoms with Gasteiger partial charge in [-0.3, -0.25) is 9.59 Å². The van der Waals surface area contributed by atoms with Gasteiger partial charge in [-0.2, -0.15) is 0 Å². The second-order valence-electron chi connectivity index (χ2n) is 12.8. The summed E-state index contributed by atoms with van der Waals surface area (Å²) in [5, 5.41) is 6.66. The summed E-state index contributed by atoms with van der Waals surface area (Å²) in [6.07, 6.45) is 3.09. The van der Waals surface area contributed by atoms with Gasteiger partial charge in [0.05, 0.1) is 23.1 Å². The Morgan fingerprint density at radius 1 is 1.15 bits per heavy atom. The first-order chi connectivity index (χ1) is 18.8. The number of aromatic amines is 1. The lowest BCUT2D eigenvalue weighted by Crippen LogP contribution is -2.58. The number of rotatable bonds is 11. The zero-order valence-electron chi connectivity index (χ0n) is 24.8. The molecule has 40 heavy (non-hydrogen) atoms. The standard InChI is InChI=1S/C32H43ClN4O3/c1-8-34-28(38)27(30(2,3)4)37-29(39)32(6,19-40-7)20-13-14-24-25(17-20)36-26(35-24)18-22(31(5)15-16-31)21-11-9-10-12-23(21)33/h9-14,17,22,27H,8,15-16,18-19H2,1-7H3,(H,34,38)(H,35,36)(H,37,39). The maximum Gasteiger partial charge on any atom is 0.243 e. The SMILES string of the molecule is CCNC(=O)C(NC(=O)C(C)(COC)c1ccc2nc(CC(c3ccccc3Cl)C3(C)CC3)[nH]c2c1)C(C)(C)C. The maximum atomic E-state index is 13.8. The summed E-state index contributed by atoms with van der Waals surface area (Å²) in [4.78, 5) is 35.1. The van der Waals surface area contributed by atoms with Crippen molar-refractivity contribution in [3.8, 4) is 0 Å². The van der Waals surface area contributed by atoms with Crippen LogP contribution < -0.4 is 10.6 Å². The van der Waals surface area contributed by atoms with Gasteiger partial charge in [-0.1, -0.05) is 63.6 Å². The number of benzene rings is 2. The van der Waals surface area contributed by atoms with E-state index in [1.807, 2.05) is 71.0 Å². The van der Waals surface area contributed by atoms with E-state index in [9.17, 15) is 9.59 Å². The molecule has 0 aliphatic heterocycles. The average Bonchev–Trinajstić information content (AvgIpc) is 3.50. The van der Waals surface area contributed by atoms with Crippen molar-refractivity contribution in [1.82, 2.24) is 20.6 Å². The summed E-state index contributed by atoms with van der Waals surface area (Å²) < 4.78 is 5.53. The van der Waals surface area contributed by atoms with E-state index in [2.05, 4.69) is 28.6 Å². The molecule has 7 nitrogen and oxygen atoms in total. The van der Waals surface area contributed by atoms with Crippen LogP contribution in [-0.2, 0) is 26.2 Å². The number of likely N-dealkylation sites (N-methyl/N-ethyl adjacent to an activating group) is 1. The number of methoxy groups -OCH3 is 1. The van der Waals surface area contributed by atoms with Gasteiger partial charge in [0.2, 0.25) is 11.8 Å². The van der Waals surface area contributed by atoms with E-state index in [-0.39, 0.29) is 29.8 Å². The molecule has 8 heteroatoms. The lowest BCUT2D eigenvalue weighted by Gasteiger charge is -2.35. The number of hydrogen-bond acceptors (Lipinski definition) is 4. The summed E-state index contributed by atoms with van der Waals surface area (Å²) in [5.41, 5.74) is 2.36. The Morgan fingerprint density at radius 3 is 2.45 bits per heavy atom. The van der Waals surface area contributed by atoms with Crippen molar-refractivity contribution >= 4 is 34.4 Å². The molecule has 3 unspecified atom stereocenters. The smallest absolute Gasteiger partial charge is 0.243 e. The van der Waals surface area contributed by atoms with Crippen molar-refractivity contribution in [2.75, 3.05) is 20.3 Å². The lowest BCUT2D eigenvalue weighted by molar-refractivity contribution is -0.135. The quantitative estimate of drug-likeness (QED) is 0.269. The molecule has 2 aromatic carbocycles. The second-order valence-corrected chi connectivity index (χ2v) is 13.2. The minimum Gasteiger partial charge on any atom is -0.383 e. The Kier molecular flexibility index (Phi) is 8.67. The first-order valence-electron chi connectivity index (χ1n) is 14.1. The number of nitrogens with zero attached hydrogens (tertiary/aromatic N) is 1. The number of halogens is 1. The topological polar surface area (TPSA) is 96.1 Å². The molecule has 1 aliphatic rings. The van der Waals surface area contributed by atoms with Crippen LogP contribution in [0.3, 0.4) is 0 Å². The molecule has 1 aliphatic carbocycles. The first kappa shape index (κ1) is 30.1. The molecule has 0 spiro atoms. The van der Waals surface area contributed by atoms with Gasteiger partial charge in [0.1, 0.15) is 11.9 Å². The predicted molar refractivity (Wildman–Crippen MR) is 161 cm³/mol. The summed E-state index contributed by atoms with van der Waals surface area (Å²) >= 11 is 6.62. The van der Waals surface area contributed by atoms with Crippen molar-refractivity contribution in [1.29, 1.82) is 0 Å². The Labute approximate surface area is 242 Å². The van der Waals surface area contributed by atoms with E-state index < -0.39 is 16.9 Å². The Hall–Kier alpha value is -2.90. The van der Waals surface area contributed by atoms with E-state index >= 15 is 0 Å². The molecular weight excluding hydrogens is 524 g/mol. The molecular formula is C32H43ClN4O3. The molecule has 0 bridgehead atoms. The van der Waals surface area contributed by atoms with Gasteiger partial charge in [0.15, 0.2) is 0 Å². The van der Waals surface area contributed by atoms with E-state index in [0.29, 0.717) is 6.54 Å². The van der Waals surface area contributed by atoms with Crippen LogP contribution in [0.5, 0.6) is 0 Å². The number of fused-ring (bicyclic) bond motifs is 1. The fourth-order valence-electron chi connectivity index (χ4n) is 5.54. The van der Waals surface area contributed by atoms with E-state index in [1.165, 1.54) is 12.8 Å². The Bertz CT molecular complexity index is 1370. The Morgan fingerprint density at radius 2 is 1.85 bits per heavy atom. The average molecular weight is 567 g/mol. The highest BCUT2D eigenvalue weighted by atomic mass is 35.5. The number of nitrogens with one attached hydrogen (secondary N) is 3. The summed E-state index contributed by atoms with van der Waals surface area (Å²) in [5.74, 6) is 0.691. The van der Waals surface area contributed by atoms with E-state index in [0.717, 1.165) is 39.4 Å². The molecule has 0 saturated heterocycles. The highest BCUT2D eigenvalue weighted by Gasteiger charge is 2.46. The van der Waals surface area contributed by atoms with Crippen molar-refractivity contribution in [3.63, 3.8) is 0 Å². The minimum absolute atomic E-state index is 0.157. The summed E-state index contributed by atoms with van der Waals surface area (Å²) in [6.45, 7) is 12.5. The van der Waals surface area contributed by atoms with Gasteiger partial charge in [0.25, 0.3) is 0 Å². The van der Waals surface area contributed by atoms with Gasteiger partial charge >= 0.3 is 0 Å². The van der Waals surface area contributed by atoms with Gasteiger partial charge in [-0.25, -0.2) is 4.98 Å². The molecule has 1 aromatic heterocycles. The monoisotopic (exact) mass is 566 g/mol. The molecule has 3 aromatic rings. The van der Waals surface area contributed by atoms with Crippen LogP contribution in [0.25, 0.3) is 11.0 Å². The van der Waals surface area contributed by atoms with Crippen LogP contribution in [0, 0.1) is 10.8 Å². The normalized spacial score (nSPS) is 17.6. The lowest BCUT2D eigenvalue weighted by atomic mass is 9.80. The fraction of sp³-hybridized carbons (Fsp3) is 0.531. The summed E-state index contributed by atoms with van der Waals surface area (Å²) in [6, 6.07) is 13.3. The zero-order valence-corrected chi connectivity index (χ0v) is 25.5. The van der Waals surface area contributed by atoms with Crippen molar-refractivity contribution in [3.05, 3.63) is 64.4 Å². The highest BCUT2D eigenvalue weighted by Crippen LogP contribution is 2.57. The van der Waals surface area contributed by atoms with Crippen LogP contribution in [0.1, 0.15) is 77.3 Å². The predicted octanol–water partition coefficient (Wildman–Crippen LogP) is 5.91. The molecule has 1 saturated carbocycles. The van der Waals surface area contributed by atoms with E-state index in [1.54, 1.807) is 7.11 Å². The molecule has 3 N–H and O–H groups in total. The highest BCUT2D eigenvalue weighted by molar-refractivity contribution is 6.31. The molecule has 1 fully saturated rings. The Balaban J connectivity index is 1.64. The van der Waals surface area contributed by atoms with Gasteiger partial charge in [-0.05, 0) is 72.8 Å². The number of amides is 2. The van der Waals surface area contributed by atoms with Crippen LogP contribution in [0.2, 0.25) is 5.02 Å². The second kappa shape index (κ2) is 11.5. The van der Waals surface area contributed by atoms with Crippen LogP contribution in [0.4, 0.5) is 0 Å². The third-order valence-corrected chi connectivity index (χ3v) is 8.76. The molecule has 216 valence electrons. The number of hydrogen-bond donors (Lipinski definition) is 3. The third-order valence-electron chi connectivity index (χ3n) is 8.41. The molecule has 3 atom stereocenters. The van der Waals surface area contributed by atoms with Crippen molar-refractivity contribution in [2.45, 2.75) is 78.2 Å². The number of carbonyl (C=O) groups excluding carboxylic acids is 2. The maximum absolute atomic E-state index is 13.8. The summed E-state index contributed by atoms with van der Waals surface area (Å²) in [7, 11) is 1.58. The number of carbonyl (C=O) groups is 2. The number of imidazole rings is 1. The first-order valence-corrected chi connectivity index (χ1v) is 14.5. The molecule has 0 radical (unpaired) electrons. The molecule has 2 amide bonds. The van der Waals surface area contributed by atoms with Gasteiger partial charge < -0.3 is 20.4 Å². The van der Waals surface area contributed by atoms with Crippen molar-refractivity contribution in [2.24, 2.45) is 10.8 Å². The third kappa shape index (κ3) is 6.21. The van der Waals surface area contributed by atoms with Crippen molar-refractivity contribution < 1.29 is 14.3 Å². The van der Waals surface area contributed by atoms with Crippen LogP contribution in [0.15, 0.2) is 42.5 Å². The number of ether oxygens (including phenoxy) is 1. The largest absolute Gasteiger partial charge is 0.383 e. The van der Waals surface area contributed by atoms with E-state index in [4.69, 9.17) is 21.3 Å². The van der Waals surface area contributed by atoms with Crippen LogP contribution in [-0.4, -0.2) is 48.1 Å². The van der Waals surface area contributed by atoms with Gasteiger partial charge in [-0.15, -0.1) is 0 Å². The number of aromatic nitrogens is 2. The fourth-order valence-corrected chi connectivity index (χ4v) is 5.81.